The number of hydrogen-bond donors (Lipinski definition) is 1. The topological polar surface area (TPSA) is 58.4 Å². The molecule has 0 aliphatic carbocycles. The normalized spacial score (nSPS) is 10.5. The van der Waals surface area contributed by atoms with Crippen molar-refractivity contribution in [3.63, 3.8) is 0 Å². The number of oxazole rings is 1. The molecule has 24 heavy (non-hydrogen) atoms. The highest BCUT2D eigenvalue weighted by Crippen LogP contribution is 2.28. The van der Waals surface area contributed by atoms with Crippen LogP contribution in [0.4, 0.5) is 16.1 Å². The van der Waals surface area contributed by atoms with Crippen molar-refractivity contribution in [2.45, 2.75) is 0 Å². The van der Waals surface area contributed by atoms with E-state index in [9.17, 15) is 9.18 Å². The van der Waals surface area contributed by atoms with Crippen molar-refractivity contribution in [2.24, 2.45) is 0 Å². The molecule has 0 fully saturated rings. The van der Waals surface area contributed by atoms with Gasteiger partial charge in [-0.05, 0) is 36.4 Å². The molecule has 1 aromatic heterocycles. The number of hydrogen-bond acceptors (Lipinski definition) is 4. The average molecular weight is 325 g/mol. The number of aromatic nitrogens is 1. The minimum absolute atomic E-state index is 0.167. The molecule has 0 aliphatic heterocycles. The van der Waals surface area contributed by atoms with Gasteiger partial charge in [0.25, 0.3) is 5.91 Å². The zero-order valence-corrected chi connectivity index (χ0v) is 13.3. The average Bonchev–Trinajstić information content (AvgIpc) is 3.11. The molecular weight excluding hydrogens is 309 g/mol. The van der Waals surface area contributed by atoms with E-state index in [1.165, 1.54) is 12.1 Å². The van der Waals surface area contributed by atoms with Gasteiger partial charge in [0, 0.05) is 30.9 Å². The fraction of sp³-hybridized carbons (Fsp3) is 0.111. The van der Waals surface area contributed by atoms with Crippen LogP contribution in [0.25, 0.3) is 11.3 Å². The van der Waals surface area contributed by atoms with E-state index < -0.39 is 0 Å². The Morgan fingerprint density at radius 3 is 2.67 bits per heavy atom. The molecule has 0 unspecified atom stereocenters. The van der Waals surface area contributed by atoms with Gasteiger partial charge in [0.05, 0.1) is 6.20 Å². The summed E-state index contributed by atoms with van der Waals surface area (Å²) < 4.78 is 18.8. The largest absolute Gasteiger partial charge is 0.423 e. The highest BCUT2D eigenvalue weighted by atomic mass is 19.1. The third-order valence-electron chi connectivity index (χ3n) is 3.63. The van der Waals surface area contributed by atoms with E-state index in [-0.39, 0.29) is 11.7 Å². The van der Waals surface area contributed by atoms with E-state index in [0.29, 0.717) is 17.3 Å². The minimum Gasteiger partial charge on any atom is -0.423 e. The Kier molecular flexibility index (Phi) is 4.29. The first kappa shape index (κ1) is 15.7. The first-order chi connectivity index (χ1) is 11.6. The number of benzene rings is 2. The molecule has 0 aliphatic rings. The summed E-state index contributed by atoms with van der Waals surface area (Å²) in [5, 5.41) is 2.59. The first-order valence-corrected chi connectivity index (χ1v) is 7.36. The van der Waals surface area contributed by atoms with Crippen LogP contribution in [0.15, 0.2) is 59.1 Å². The van der Waals surface area contributed by atoms with Crippen LogP contribution in [0.1, 0.15) is 10.4 Å². The molecule has 0 radical (unpaired) electrons. The van der Waals surface area contributed by atoms with Crippen LogP contribution >= 0.6 is 0 Å². The van der Waals surface area contributed by atoms with Gasteiger partial charge in [0.1, 0.15) is 5.82 Å². The Balaban J connectivity index is 1.88. The summed E-state index contributed by atoms with van der Waals surface area (Å²) in [5.74, 6) is 0.0796. The van der Waals surface area contributed by atoms with Crippen molar-refractivity contribution in [3.05, 3.63) is 66.1 Å². The second kappa shape index (κ2) is 6.54. The molecule has 0 bridgehead atoms. The lowest BCUT2D eigenvalue weighted by molar-refractivity contribution is 0.0963. The number of amides is 1. The maximum absolute atomic E-state index is 13.0. The van der Waals surface area contributed by atoms with Gasteiger partial charge in [0.2, 0.25) is 0 Å². The highest BCUT2D eigenvalue weighted by Gasteiger charge is 2.13. The Morgan fingerprint density at radius 1 is 1.21 bits per heavy atom. The summed E-state index contributed by atoms with van der Waals surface area (Å²) >= 11 is 0. The molecule has 0 saturated carbocycles. The third kappa shape index (κ3) is 3.12. The Hall–Kier alpha value is -3.15. The second-order valence-corrected chi connectivity index (χ2v) is 5.20. The SMILES string of the molecule is CNC(=O)c1cccc(-c2cnc(N(C)c3ccc(F)cc3)o2)c1. The number of nitrogens with zero attached hydrogens (tertiary/aromatic N) is 2. The molecule has 1 amide bonds. The molecular formula is C18H16FN3O2. The molecule has 1 heterocycles. The number of carbonyl (C=O) groups is 1. The monoisotopic (exact) mass is 325 g/mol. The summed E-state index contributed by atoms with van der Waals surface area (Å²) in [6, 6.07) is 13.5. The summed E-state index contributed by atoms with van der Waals surface area (Å²) in [7, 11) is 3.36. The van der Waals surface area contributed by atoms with Crippen molar-refractivity contribution in [1.82, 2.24) is 10.3 Å². The van der Waals surface area contributed by atoms with Crippen LogP contribution in [0.2, 0.25) is 0 Å². The van der Waals surface area contributed by atoms with Crippen LogP contribution < -0.4 is 10.2 Å². The van der Waals surface area contributed by atoms with Crippen LogP contribution in [0, 0.1) is 5.82 Å². The number of carbonyl (C=O) groups excluding carboxylic acids is 1. The standard InChI is InChI=1S/C18H16FN3O2/c1-20-17(23)13-5-3-4-12(10-13)16-11-21-18(24-16)22(2)15-8-6-14(19)7-9-15/h3-11H,1-2H3,(H,20,23). The molecule has 0 saturated heterocycles. The van der Waals surface area contributed by atoms with E-state index in [1.54, 1.807) is 55.5 Å². The van der Waals surface area contributed by atoms with Crippen LogP contribution in [0.5, 0.6) is 0 Å². The fourth-order valence-corrected chi connectivity index (χ4v) is 2.29. The van der Waals surface area contributed by atoms with Gasteiger partial charge in [-0.3, -0.25) is 9.69 Å². The summed E-state index contributed by atoms with van der Waals surface area (Å²) in [6.45, 7) is 0. The third-order valence-corrected chi connectivity index (χ3v) is 3.63. The predicted octanol–water partition coefficient (Wildman–Crippen LogP) is 3.61. The smallest absolute Gasteiger partial charge is 0.302 e. The molecule has 0 atom stereocenters. The van der Waals surface area contributed by atoms with E-state index in [2.05, 4.69) is 10.3 Å². The van der Waals surface area contributed by atoms with E-state index in [4.69, 9.17) is 4.42 Å². The fourth-order valence-electron chi connectivity index (χ4n) is 2.29. The number of nitrogens with one attached hydrogen (secondary N) is 1. The van der Waals surface area contributed by atoms with Gasteiger partial charge in [-0.15, -0.1) is 0 Å². The highest BCUT2D eigenvalue weighted by molar-refractivity contribution is 5.95. The number of rotatable bonds is 4. The molecule has 3 rings (SSSR count). The Bertz CT molecular complexity index is 859. The summed E-state index contributed by atoms with van der Waals surface area (Å²) in [4.78, 5) is 17.7. The second-order valence-electron chi connectivity index (χ2n) is 5.20. The molecule has 2 aromatic carbocycles. The lowest BCUT2D eigenvalue weighted by atomic mass is 10.1. The Morgan fingerprint density at radius 2 is 1.96 bits per heavy atom. The maximum Gasteiger partial charge on any atom is 0.302 e. The molecule has 122 valence electrons. The Labute approximate surface area is 138 Å². The quantitative estimate of drug-likeness (QED) is 0.796. The van der Waals surface area contributed by atoms with Gasteiger partial charge in [-0.25, -0.2) is 9.37 Å². The van der Waals surface area contributed by atoms with Gasteiger partial charge in [-0.1, -0.05) is 12.1 Å². The van der Waals surface area contributed by atoms with Gasteiger partial charge in [-0.2, -0.15) is 0 Å². The van der Waals surface area contributed by atoms with E-state index in [0.717, 1.165) is 11.3 Å². The molecule has 0 spiro atoms. The van der Waals surface area contributed by atoms with Crippen molar-refractivity contribution >= 4 is 17.6 Å². The van der Waals surface area contributed by atoms with Gasteiger partial charge in [0.15, 0.2) is 5.76 Å². The molecule has 5 nitrogen and oxygen atoms in total. The van der Waals surface area contributed by atoms with Gasteiger partial charge < -0.3 is 9.73 Å². The zero-order chi connectivity index (χ0) is 17.1. The first-order valence-electron chi connectivity index (χ1n) is 7.36. The van der Waals surface area contributed by atoms with Crippen molar-refractivity contribution < 1.29 is 13.6 Å². The van der Waals surface area contributed by atoms with Crippen molar-refractivity contribution in [3.8, 4) is 11.3 Å². The zero-order valence-electron chi connectivity index (χ0n) is 13.3. The summed E-state index contributed by atoms with van der Waals surface area (Å²) in [5.41, 5.74) is 2.05. The lowest BCUT2D eigenvalue weighted by Gasteiger charge is -2.14. The lowest BCUT2D eigenvalue weighted by Crippen LogP contribution is -2.17. The van der Waals surface area contributed by atoms with E-state index in [1.807, 2.05) is 6.07 Å². The van der Waals surface area contributed by atoms with Crippen LogP contribution in [-0.4, -0.2) is 25.0 Å². The summed E-state index contributed by atoms with van der Waals surface area (Å²) in [6.07, 6.45) is 1.60. The minimum atomic E-state index is -0.300. The van der Waals surface area contributed by atoms with Crippen LogP contribution in [0.3, 0.4) is 0 Å². The number of anilines is 2. The van der Waals surface area contributed by atoms with Crippen LogP contribution in [-0.2, 0) is 0 Å². The number of halogens is 1. The van der Waals surface area contributed by atoms with Crippen molar-refractivity contribution in [1.29, 1.82) is 0 Å². The van der Waals surface area contributed by atoms with E-state index >= 15 is 0 Å². The molecule has 6 heteroatoms. The maximum atomic E-state index is 13.0. The predicted molar refractivity (Wildman–Crippen MR) is 89.8 cm³/mol. The molecule has 3 aromatic rings. The van der Waals surface area contributed by atoms with Gasteiger partial charge >= 0.3 is 6.01 Å². The van der Waals surface area contributed by atoms with Crippen molar-refractivity contribution in [2.75, 3.05) is 19.0 Å². The molecule has 1 N–H and O–H groups in total.